The zero-order valence-corrected chi connectivity index (χ0v) is 16.8. The molecular formula is C23H20ClN3O3. The molecule has 1 aliphatic heterocycles. The van der Waals surface area contributed by atoms with Gasteiger partial charge in [-0.25, -0.2) is 5.01 Å². The van der Waals surface area contributed by atoms with E-state index in [1.54, 1.807) is 30.3 Å². The standard InChI is InChI=1S/C23H20ClN3O3/c24-17-9-12-20-19(14-17)23(30)27(22(25-20)16-7-10-18(28)11-8-16)26-21(29)13-6-15-4-2-1-3-5-15/h1-5,7-12,14,22,25,28H,6,13H2,(H,26,29). The van der Waals surface area contributed by atoms with Gasteiger partial charge in [0.05, 0.1) is 5.56 Å². The van der Waals surface area contributed by atoms with Gasteiger partial charge < -0.3 is 10.4 Å². The zero-order chi connectivity index (χ0) is 21.1. The summed E-state index contributed by atoms with van der Waals surface area (Å²) in [7, 11) is 0. The van der Waals surface area contributed by atoms with Gasteiger partial charge in [-0.1, -0.05) is 54.1 Å². The number of benzene rings is 3. The number of hydrogen-bond donors (Lipinski definition) is 3. The number of nitrogens with one attached hydrogen (secondary N) is 2. The van der Waals surface area contributed by atoms with E-state index in [1.165, 1.54) is 17.1 Å². The molecule has 0 saturated heterocycles. The summed E-state index contributed by atoms with van der Waals surface area (Å²) >= 11 is 6.07. The van der Waals surface area contributed by atoms with Crippen LogP contribution in [0.25, 0.3) is 0 Å². The number of halogens is 1. The van der Waals surface area contributed by atoms with Crippen molar-refractivity contribution in [2.75, 3.05) is 5.32 Å². The van der Waals surface area contributed by atoms with Gasteiger partial charge in [0, 0.05) is 17.1 Å². The topological polar surface area (TPSA) is 81.7 Å². The van der Waals surface area contributed by atoms with Crippen molar-refractivity contribution in [2.45, 2.75) is 19.0 Å². The van der Waals surface area contributed by atoms with E-state index < -0.39 is 6.17 Å². The number of amides is 2. The molecule has 6 nitrogen and oxygen atoms in total. The molecule has 1 atom stereocenters. The lowest BCUT2D eigenvalue weighted by molar-refractivity contribution is -0.125. The molecule has 7 heteroatoms. The molecule has 3 aromatic carbocycles. The molecule has 0 bridgehead atoms. The Bertz CT molecular complexity index is 1070. The van der Waals surface area contributed by atoms with E-state index in [0.717, 1.165) is 5.56 Å². The highest BCUT2D eigenvalue weighted by molar-refractivity contribution is 6.31. The minimum atomic E-state index is -0.632. The number of hydrogen-bond acceptors (Lipinski definition) is 4. The van der Waals surface area contributed by atoms with Gasteiger partial charge in [0.15, 0.2) is 0 Å². The number of rotatable bonds is 5. The summed E-state index contributed by atoms with van der Waals surface area (Å²) in [6.07, 6.45) is 0.167. The Morgan fingerprint density at radius 3 is 2.53 bits per heavy atom. The monoisotopic (exact) mass is 421 g/mol. The second kappa shape index (κ2) is 8.47. The Hall–Kier alpha value is -3.51. The average molecular weight is 422 g/mol. The van der Waals surface area contributed by atoms with Gasteiger partial charge in [0.1, 0.15) is 11.9 Å². The van der Waals surface area contributed by atoms with Crippen LogP contribution in [0.4, 0.5) is 5.69 Å². The van der Waals surface area contributed by atoms with Crippen LogP contribution in [-0.2, 0) is 11.2 Å². The summed E-state index contributed by atoms with van der Waals surface area (Å²) in [4.78, 5) is 25.8. The predicted molar refractivity (Wildman–Crippen MR) is 115 cm³/mol. The molecule has 152 valence electrons. The van der Waals surface area contributed by atoms with Crippen molar-refractivity contribution in [1.29, 1.82) is 0 Å². The Morgan fingerprint density at radius 1 is 1.07 bits per heavy atom. The molecule has 1 aliphatic rings. The number of phenolic OH excluding ortho intramolecular Hbond substituents is 1. The lowest BCUT2D eigenvalue weighted by atomic mass is 10.0. The Balaban J connectivity index is 1.58. The van der Waals surface area contributed by atoms with Gasteiger partial charge in [0.2, 0.25) is 5.91 Å². The van der Waals surface area contributed by atoms with Crippen molar-refractivity contribution < 1.29 is 14.7 Å². The van der Waals surface area contributed by atoms with Crippen LogP contribution in [0, 0.1) is 0 Å². The largest absolute Gasteiger partial charge is 0.508 e. The molecule has 0 aromatic heterocycles. The zero-order valence-electron chi connectivity index (χ0n) is 16.0. The van der Waals surface area contributed by atoms with Crippen molar-refractivity contribution in [3.8, 4) is 5.75 Å². The summed E-state index contributed by atoms with van der Waals surface area (Å²) in [5.41, 5.74) is 5.49. The highest BCUT2D eigenvalue weighted by Crippen LogP contribution is 2.34. The maximum Gasteiger partial charge on any atom is 0.276 e. The van der Waals surface area contributed by atoms with E-state index in [2.05, 4.69) is 10.7 Å². The highest BCUT2D eigenvalue weighted by atomic mass is 35.5. The molecule has 0 radical (unpaired) electrons. The molecule has 3 aromatic rings. The number of carbonyl (C=O) groups excluding carboxylic acids is 2. The van der Waals surface area contributed by atoms with Crippen LogP contribution in [0.5, 0.6) is 5.75 Å². The minimum absolute atomic E-state index is 0.117. The van der Waals surface area contributed by atoms with Crippen molar-refractivity contribution in [2.24, 2.45) is 0 Å². The van der Waals surface area contributed by atoms with Gasteiger partial charge in [-0.2, -0.15) is 0 Å². The molecule has 30 heavy (non-hydrogen) atoms. The first kappa shape index (κ1) is 19.8. The number of carbonyl (C=O) groups is 2. The van der Waals surface area contributed by atoms with Crippen LogP contribution in [0.3, 0.4) is 0 Å². The van der Waals surface area contributed by atoms with Crippen molar-refractivity contribution in [3.63, 3.8) is 0 Å². The molecule has 0 aliphatic carbocycles. The van der Waals surface area contributed by atoms with Crippen LogP contribution < -0.4 is 10.7 Å². The van der Waals surface area contributed by atoms with E-state index in [1.807, 2.05) is 30.3 Å². The lowest BCUT2D eigenvalue weighted by Crippen LogP contribution is -2.52. The number of aryl methyl sites for hydroxylation is 1. The maximum atomic E-state index is 13.2. The summed E-state index contributed by atoms with van der Waals surface area (Å²) in [6, 6.07) is 21.2. The molecular weight excluding hydrogens is 402 g/mol. The number of aromatic hydroxyl groups is 1. The smallest absolute Gasteiger partial charge is 0.276 e. The van der Waals surface area contributed by atoms with E-state index in [0.29, 0.717) is 28.3 Å². The van der Waals surface area contributed by atoms with Gasteiger partial charge >= 0.3 is 0 Å². The summed E-state index contributed by atoms with van der Waals surface area (Å²) in [5.74, 6) is -0.521. The molecule has 1 unspecified atom stereocenters. The molecule has 0 fully saturated rings. The van der Waals surface area contributed by atoms with Crippen LogP contribution in [0.2, 0.25) is 5.02 Å². The van der Waals surface area contributed by atoms with Crippen LogP contribution in [0.1, 0.15) is 34.1 Å². The third kappa shape index (κ3) is 4.23. The van der Waals surface area contributed by atoms with Gasteiger partial charge in [-0.3, -0.25) is 15.0 Å². The van der Waals surface area contributed by atoms with Crippen LogP contribution in [0.15, 0.2) is 72.8 Å². The molecule has 1 heterocycles. The fourth-order valence-electron chi connectivity index (χ4n) is 3.38. The van der Waals surface area contributed by atoms with E-state index in [9.17, 15) is 14.7 Å². The summed E-state index contributed by atoms with van der Waals surface area (Å²) in [6.45, 7) is 0. The normalized spacial score (nSPS) is 15.3. The number of nitrogens with zero attached hydrogens (tertiary/aromatic N) is 1. The van der Waals surface area contributed by atoms with Gasteiger partial charge in [-0.15, -0.1) is 0 Å². The third-order valence-electron chi connectivity index (χ3n) is 4.92. The second-order valence-electron chi connectivity index (χ2n) is 7.02. The SMILES string of the molecule is O=C(CCc1ccccc1)NN1C(=O)c2cc(Cl)ccc2NC1c1ccc(O)cc1. The Labute approximate surface area is 179 Å². The first-order valence-corrected chi connectivity index (χ1v) is 9.91. The van der Waals surface area contributed by atoms with Crippen molar-refractivity contribution in [1.82, 2.24) is 10.4 Å². The Kier molecular flexibility index (Phi) is 5.59. The molecule has 2 amide bonds. The summed E-state index contributed by atoms with van der Waals surface area (Å²) < 4.78 is 0. The first-order valence-electron chi connectivity index (χ1n) is 9.53. The number of anilines is 1. The van der Waals surface area contributed by atoms with Crippen LogP contribution >= 0.6 is 11.6 Å². The maximum absolute atomic E-state index is 13.2. The Morgan fingerprint density at radius 2 is 1.80 bits per heavy atom. The average Bonchev–Trinajstić information content (AvgIpc) is 2.76. The fraction of sp³-hybridized carbons (Fsp3) is 0.130. The lowest BCUT2D eigenvalue weighted by Gasteiger charge is -2.37. The molecule has 3 N–H and O–H groups in total. The van der Waals surface area contributed by atoms with E-state index >= 15 is 0 Å². The van der Waals surface area contributed by atoms with E-state index in [4.69, 9.17) is 11.6 Å². The minimum Gasteiger partial charge on any atom is -0.508 e. The first-order chi connectivity index (χ1) is 14.5. The number of phenols is 1. The fourth-order valence-corrected chi connectivity index (χ4v) is 3.55. The van der Waals surface area contributed by atoms with Gasteiger partial charge in [0.25, 0.3) is 5.91 Å². The molecule has 0 spiro atoms. The number of hydrazine groups is 1. The molecule has 4 rings (SSSR count). The highest BCUT2D eigenvalue weighted by Gasteiger charge is 2.34. The van der Waals surface area contributed by atoms with Crippen molar-refractivity contribution in [3.05, 3.63) is 94.5 Å². The van der Waals surface area contributed by atoms with Crippen molar-refractivity contribution >= 4 is 29.1 Å². The van der Waals surface area contributed by atoms with Crippen LogP contribution in [-0.4, -0.2) is 21.9 Å². The second-order valence-corrected chi connectivity index (χ2v) is 7.46. The van der Waals surface area contributed by atoms with E-state index in [-0.39, 0.29) is 24.0 Å². The quantitative estimate of drug-likeness (QED) is 0.574. The summed E-state index contributed by atoms with van der Waals surface area (Å²) in [5, 5.41) is 14.6. The predicted octanol–water partition coefficient (Wildman–Crippen LogP) is 4.28. The third-order valence-corrected chi connectivity index (χ3v) is 5.15. The molecule has 0 saturated carbocycles. The number of fused-ring (bicyclic) bond motifs is 1. The van der Waals surface area contributed by atoms with Gasteiger partial charge in [-0.05, 0) is 47.9 Å².